The number of hydrogen-bond donors (Lipinski definition) is 0. The van der Waals surface area contributed by atoms with Gasteiger partial charge in [-0.25, -0.2) is 4.79 Å². The molecule has 1 atom stereocenters. The summed E-state index contributed by atoms with van der Waals surface area (Å²) in [6.07, 6.45) is -0.758. The molecule has 2 aromatic rings. The molecule has 0 amide bonds. The van der Waals surface area contributed by atoms with Gasteiger partial charge in [0.1, 0.15) is 5.75 Å². The summed E-state index contributed by atoms with van der Waals surface area (Å²) in [5.74, 6) is 0.235. The fourth-order valence-corrected chi connectivity index (χ4v) is 2.16. The minimum absolute atomic E-state index is 0.0830. The van der Waals surface area contributed by atoms with Crippen LogP contribution in [0.5, 0.6) is 5.75 Å². The van der Waals surface area contributed by atoms with Gasteiger partial charge in [0.15, 0.2) is 0 Å². The quantitative estimate of drug-likeness (QED) is 0.790. The van der Waals surface area contributed by atoms with Crippen LogP contribution in [0.25, 0.3) is 0 Å². The van der Waals surface area contributed by atoms with Gasteiger partial charge in [-0.05, 0) is 23.1 Å². The van der Waals surface area contributed by atoms with Crippen molar-refractivity contribution in [3.8, 4) is 5.75 Å². The summed E-state index contributed by atoms with van der Waals surface area (Å²) < 4.78 is 10.7. The lowest BCUT2D eigenvalue weighted by molar-refractivity contribution is -0.149. The van der Waals surface area contributed by atoms with E-state index in [1.165, 1.54) is 12.7 Å². The molecule has 1 unspecified atom stereocenters. The van der Waals surface area contributed by atoms with Gasteiger partial charge in [-0.15, -0.1) is 0 Å². The summed E-state index contributed by atoms with van der Waals surface area (Å²) in [5, 5.41) is 0. The van der Waals surface area contributed by atoms with E-state index in [2.05, 4.69) is 20.8 Å². The third kappa shape index (κ3) is 3.88. The molecule has 0 heterocycles. The van der Waals surface area contributed by atoms with Crippen LogP contribution in [0.2, 0.25) is 0 Å². The van der Waals surface area contributed by atoms with E-state index in [1.807, 2.05) is 54.6 Å². The fourth-order valence-electron chi connectivity index (χ4n) is 2.16. The summed E-state index contributed by atoms with van der Waals surface area (Å²) >= 11 is 0. The average molecular weight is 298 g/mol. The molecule has 3 nitrogen and oxygen atoms in total. The Kier molecular flexibility index (Phi) is 4.86. The van der Waals surface area contributed by atoms with E-state index in [4.69, 9.17) is 9.47 Å². The molecule has 0 fully saturated rings. The largest absolute Gasteiger partial charge is 0.474 e. The molecular formula is C19H22O3. The van der Waals surface area contributed by atoms with E-state index in [0.717, 1.165) is 5.56 Å². The molecular weight excluding hydrogens is 276 g/mol. The maximum absolute atomic E-state index is 12.0. The van der Waals surface area contributed by atoms with Gasteiger partial charge in [0.2, 0.25) is 6.10 Å². The molecule has 2 rings (SSSR count). The fraction of sp³-hybridized carbons (Fsp3) is 0.316. The zero-order valence-corrected chi connectivity index (χ0v) is 13.5. The highest BCUT2D eigenvalue weighted by atomic mass is 16.6. The highest BCUT2D eigenvalue weighted by Gasteiger charge is 2.23. The van der Waals surface area contributed by atoms with Crippen LogP contribution in [0.3, 0.4) is 0 Å². The number of carbonyl (C=O) groups excluding carboxylic acids is 1. The highest BCUT2D eigenvalue weighted by molar-refractivity contribution is 5.76. The lowest BCUT2D eigenvalue weighted by atomic mass is 9.87. The van der Waals surface area contributed by atoms with E-state index in [0.29, 0.717) is 5.75 Å². The minimum Gasteiger partial charge on any atom is -0.474 e. The second kappa shape index (κ2) is 6.65. The molecule has 0 saturated carbocycles. The number of methoxy groups -OCH3 is 1. The molecule has 0 bridgehead atoms. The summed E-state index contributed by atoms with van der Waals surface area (Å²) in [6.45, 7) is 6.47. The number of hydrogen-bond acceptors (Lipinski definition) is 3. The highest BCUT2D eigenvalue weighted by Crippen LogP contribution is 2.27. The summed E-state index contributed by atoms with van der Waals surface area (Å²) in [6, 6.07) is 17.2. The molecule has 0 aliphatic carbocycles. The number of benzene rings is 2. The van der Waals surface area contributed by atoms with Crippen LogP contribution < -0.4 is 4.74 Å². The molecule has 0 N–H and O–H groups in total. The van der Waals surface area contributed by atoms with Gasteiger partial charge in [-0.2, -0.15) is 0 Å². The van der Waals surface area contributed by atoms with Gasteiger partial charge in [0.05, 0.1) is 7.11 Å². The van der Waals surface area contributed by atoms with Gasteiger partial charge in [-0.1, -0.05) is 63.2 Å². The van der Waals surface area contributed by atoms with E-state index in [-0.39, 0.29) is 5.41 Å². The second-order valence-corrected chi connectivity index (χ2v) is 6.21. The van der Waals surface area contributed by atoms with Crippen LogP contribution in [0.4, 0.5) is 0 Å². The Morgan fingerprint density at radius 2 is 1.55 bits per heavy atom. The smallest absolute Gasteiger partial charge is 0.351 e. The first-order valence-electron chi connectivity index (χ1n) is 7.32. The van der Waals surface area contributed by atoms with Crippen LogP contribution in [-0.4, -0.2) is 13.1 Å². The Morgan fingerprint density at radius 3 is 2.05 bits per heavy atom. The molecule has 0 aliphatic rings. The summed E-state index contributed by atoms with van der Waals surface area (Å²) in [7, 11) is 1.37. The molecule has 22 heavy (non-hydrogen) atoms. The van der Waals surface area contributed by atoms with Crippen LogP contribution >= 0.6 is 0 Å². The van der Waals surface area contributed by atoms with Gasteiger partial charge in [-0.3, -0.25) is 0 Å². The molecule has 116 valence electrons. The SMILES string of the molecule is COC(=O)C(Oc1ccc(C(C)(C)C)cc1)c1ccccc1. The van der Waals surface area contributed by atoms with Crippen molar-refractivity contribution >= 4 is 5.97 Å². The Hall–Kier alpha value is -2.29. The maximum Gasteiger partial charge on any atom is 0.351 e. The normalized spacial score (nSPS) is 12.5. The van der Waals surface area contributed by atoms with E-state index < -0.39 is 12.1 Å². The van der Waals surface area contributed by atoms with Gasteiger partial charge >= 0.3 is 5.97 Å². The van der Waals surface area contributed by atoms with Gasteiger partial charge < -0.3 is 9.47 Å². The first-order chi connectivity index (χ1) is 10.4. The van der Waals surface area contributed by atoms with Crippen LogP contribution in [0.15, 0.2) is 54.6 Å². The Balaban J connectivity index is 2.23. The zero-order chi connectivity index (χ0) is 16.2. The zero-order valence-electron chi connectivity index (χ0n) is 13.5. The molecule has 2 aromatic carbocycles. The van der Waals surface area contributed by atoms with Crippen molar-refractivity contribution < 1.29 is 14.3 Å². The van der Waals surface area contributed by atoms with Crippen molar-refractivity contribution in [2.75, 3.05) is 7.11 Å². The van der Waals surface area contributed by atoms with Crippen molar-refractivity contribution in [1.29, 1.82) is 0 Å². The second-order valence-electron chi connectivity index (χ2n) is 6.21. The van der Waals surface area contributed by atoms with Crippen molar-refractivity contribution in [2.45, 2.75) is 32.3 Å². The van der Waals surface area contributed by atoms with E-state index in [1.54, 1.807) is 0 Å². The number of ether oxygens (including phenoxy) is 2. The molecule has 3 heteroatoms. The molecule has 0 aliphatic heterocycles. The molecule has 0 spiro atoms. The monoisotopic (exact) mass is 298 g/mol. The van der Waals surface area contributed by atoms with Crippen LogP contribution in [-0.2, 0) is 14.9 Å². The van der Waals surface area contributed by atoms with Crippen molar-refractivity contribution in [2.24, 2.45) is 0 Å². The number of rotatable bonds is 4. The molecule has 0 radical (unpaired) electrons. The number of carbonyl (C=O) groups is 1. The van der Waals surface area contributed by atoms with E-state index in [9.17, 15) is 4.79 Å². The van der Waals surface area contributed by atoms with Crippen molar-refractivity contribution in [3.05, 3.63) is 65.7 Å². The lowest BCUT2D eigenvalue weighted by Crippen LogP contribution is -2.20. The third-order valence-corrected chi connectivity index (χ3v) is 3.49. The predicted molar refractivity (Wildman–Crippen MR) is 87.0 cm³/mol. The first kappa shape index (κ1) is 16.1. The van der Waals surface area contributed by atoms with Gasteiger partial charge in [0.25, 0.3) is 0 Å². The predicted octanol–water partition coefficient (Wildman–Crippen LogP) is 4.28. The minimum atomic E-state index is -0.758. The van der Waals surface area contributed by atoms with Crippen molar-refractivity contribution in [3.63, 3.8) is 0 Å². The summed E-state index contributed by atoms with van der Waals surface area (Å²) in [4.78, 5) is 12.0. The van der Waals surface area contributed by atoms with Crippen molar-refractivity contribution in [1.82, 2.24) is 0 Å². The lowest BCUT2D eigenvalue weighted by Gasteiger charge is -2.21. The third-order valence-electron chi connectivity index (χ3n) is 3.49. The van der Waals surface area contributed by atoms with Gasteiger partial charge in [0, 0.05) is 5.56 Å². The first-order valence-corrected chi connectivity index (χ1v) is 7.32. The molecule has 0 saturated heterocycles. The number of esters is 1. The Labute approximate surface area is 131 Å². The standard InChI is InChI=1S/C19H22O3/c1-19(2,3)15-10-12-16(13-11-15)22-17(18(20)21-4)14-8-6-5-7-9-14/h5-13,17H,1-4H3. The summed E-state index contributed by atoms with van der Waals surface area (Å²) in [5.41, 5.74) is 2.07. The van der Waals surface area contributed by atoms with Crippen LogP contribution in [0, 0.1) is 0 Å². The van der Waals surface area contributed by atoms with Crippen LogP contribution in [0.1, 0.15) is 38.0 Å². The maximum atomic E-state index is 12.0. The average Bonchev–Trinajstić information content (AvgIpc) is 2.52. The van der Waals surface area contributed by atoms with E-state index >= 15 is 0 Å². The Bertz CT molecular complexity index is 609. The Morgan fingerprint density at radius 1 is 0.955 bits per heavy atom. The molecule has 0 aromatic heterocycles. The topological polar surface area (TPSA) is 35.5 Å².